The van der Waals surface area contributed by atoms with E-state index >= 15 is 0 Å². The summed E-state index contributed by atoms with van der Waals surface area (Å²) >= 11 is 1.23. The van der Waals surface area contributed by atoms with Gasteiger partial charge in [-0.05, 0) is 19.1 Å². The third-order valence-electron chi connectivity index (χ3n) is 4.79. The number of aliphatic hydroxyl groups is 1. The van der Waals surface area contributed by atoms with Crippen LogP contribution in [0.1, 0.15) is 15.5 Å². The van der Waals surface area contributed by atoms with Crippen molar-refractivity contribution in [2.45, 2.75) is 6.92 Å². The van der Waals surface area contributed by atoms with Gasteiger partial charge in [-0.15, -0.1) is 0 Å². The maximum Gasteiger partial charge on any atom is 0.267 e. The van der Waals surface area contributed by atoms with E-state index in [-0.39, 0.29) is 12.5 Å². The predicted molar refractivity (Wildman–Crippen MR) is 120 cm³/mol. The lowest BCUT2D eigenvalue weighted by Gasteiger charge is -2.34. The van der Waals surface area contributed by atoms with Gasteiger partial charge < -0.3 is 15.3 Å². The van der Waals surface area contributed by atoms with Gasteiger partial charge in [0.1, 0.15) is 10.7 Å². The van der Waals surface area contributed by atoms with Gasteiger partial charge in [0.25, 0.3) is 5.91 Å². The van der Waals surface area contributed by atoms with Crippen LogP contribution in [0.2, 0.25) is 0 Å². The molecule has 0 aliphatic carbocycles. The Morgan fingerprint density at radius 1 is 1.13 bits per heavy atom. The van der Waals surface area contributed by atoms with Crippen LogP contribution in [-0.4, -0.2) is 75.2 Å². The first kappa shape index (κ1) is 21.1. The van der Waals surface area contributed by atoms with E-state index in [9.17, 15) is 4.79 Å². The zero-order valence-corrected chi connectivity index (χ0v) is 18.0. The van der Waals surface area contributed by atoms with Gasteiger partial charge in [0, 0.05) is 38.4 Å². The molecule has 11 heteroatoms. The Morgan fingerprint density at radius 3 is 2.65 bits per heavy atom. The molecule has 1 fully saturated rings. The molecule has 0 saturated carbocycles. The van der Waals surface area contributed by atoms with Crippen molar-refractivity contribution in [3.05, 3.63) is 47.2 Å². The summed E-state index contributed by atoms with van der Waals surface area (Å²) in [5, 5.41) is 15.6. The Labute approximate surface area is 184 Å². The number of para-hydroxylation sites is 1. The molecule has 1 aromatic carbocycles. The van der Waals surface area contributed by atoms with E-state index in [1.807, 2.05) is 37.3 Å². The van der Waals surface area contributed by atoms with Gasteiger partial charge in [-0.2, -0.15) is 15.0 Å². The zero-order chi connectivity index (χ0) is 21.6. The molecule has 162 valence electrons. The standard InChI is InChI=1S/C20H24N8O2S/c1-14-22-18(25-19(23-14)28-9-7-27(8-10-28)11-12-29)26-20-21-13-16(31-20)17(30)24-15-5-3-2-4-6-15/h2-6,13,29H,7-12H2,1H3,(H,24,30)(H,21,22,23,25,26). The van der Waals surface area contributed by atoms with Crippen LogP contribution < -0.4 is 15.5 Å². The number of carbonyl (C=O) groups excluding carboxylic acids is 1. The molecule has 1 saturated heterocycles. The van der Waals surface area contributed by atoms with Crippen LogP contribution in [0.15, 0.2) is 36.5 Å². The predicted octanol–water partition coefficient (Wildman–Crippen LogP) is 1.75. The number of aliphatic hydroxyl groups excluding tert-OH is 1. The van der Waals surface area contributed by atoms with Gasteiger partial charge in [0.15, 0.2) is 5.13 Å². The number of anilines is 4. The largest absolute Gasteiger partial charge is 0.395 e. The molecule has 2 aromatic heterocycles. The summed E-state index contributed by atoms with van der Waals surface area (Å²) in [6.45, 7) is 5.92. The first-order valence-corrected chi connectivity index (χ1v) is 10.8. The molecule has 3 N–H and O–H groups in total. The fourth-order valence-corrected chi connectivity index (χ4v) is 3.93. The highest BCUT2D eigenvalue weighted by Gasteiger charge is 2.20. The quantitative estimate of drug-likeness (QED) is 0.505. The van der Waals surface area contributed by atoms with Crippen molar-refractivity contribution in [3.63, 3.8) is 0 Å². The lowest BCUT2D eigenvalue weighted by Crippen LogP contribution is -2.47. The normalized spacial score (nSPS) is 14.5. The third kappa shape index (κ3) is 5.51. The highest BCUT2D eigenvalue weighted by molar-refractivity contribution is 7.17. The summed E-state index contributed by atoms with van der Waals surface area (Å²) in [5.41, 5.74) is 0.729. The van der Waals surface area contributed by atoms with Gasteiger partial charge in [0.05, 0.1) is 12.8 Å². The van der Waals surface area contributed by atoms with Crippen molar-refractivity contribution in [2.75, 3.05) is 54.9 Å². The van der Waals surface area contributed by atoms with Crippen molar-refractivity contribution in [3.8, 4) is 0 Å². The monoisotopic (exact) mass is 440 g/mol. The second-order valence-electron chi connectivity index (χ2n) is 7.03. The van der Waals surface area contributed by atoms with Gasteiger partial charge >= 0.3 is 0 Å². The molecule has 1 aliphatic rings. The van der Waals surface area contributed by atoms with E-state index in [0.29, 0.717) is 34.3 Å². The van der Waals surface area contributed by atoms with Crippen molar-refractivity contribution in [2.24, 2.45) is 0 Å². The molecule has 1 amide bonds. The first-order chi connectivity index (χ1) is 15.1. The minimum atomic E-state index is -0.218. The smallest absolute Gasteiger partial charge is 0.267 e. The van der Waals surface area contributed by atoms with Crippen LogP contribution in [0, 0.1) is 6.92 Å². The third-order valence-corrected chi connectivity index (χ3v) is 5.70. The first-order valence-electron chi connectivity index (χ1n) is 10.0. The van der Waals surface area contributed by atoms with E-state index in [2.05, 4.69) is 40.4 Å². The van der Waals surface area contributed by atoms with Crippen molar-refractivity contribution < 1.29 is 9.90 Å². The second kappa shape index (κ2) is 9.77. The van der Waals surface area contributed by atoms with E-state index in [1.165, 1.54) is 17.5 Å². The molecule has 31 heavy (non-hydrogen) atoms. The number of rotatable bonds is 7. The summed E-state index contributed by atoms with van der Waals surface area (Å²) in [6, 6.07) is 9.28. The Bertz CT molecular complexity index is 1020. The summed E-state index contributed by atoms with van der Waals surface area (Å²) in [6.07, 6.45) is 1.53. The van der Waals surface area contributed by atoms with Crippen molar-refractivity contribution >= 4 is 40.0 Å². The summed E-state index contributed by atoms with van der Waals surface area (Å²) in [4.78, 5) is 34.9. The summed E-state index contributed by atoms with van der Waals surface area (Å²) < 4.78 is 0. The number of piperazine rings is 1. The second-order valence-corrected chi connectivity index (χ2v) is 8.06. The molecule has 10 nitrogen and oxygen atoms in total. The maximum absolute atomic E-state index is 12.4. The van der Waals surface area contributed by atoms with Crippen LogP contribution in [0.5, 0.6) is 0 Å². The number of thiazole rings is 1. The van der Waals surface area contributed by atoms with Crippen LogP contribution in [0.25, 0.3) is 0 Å². The van der Waals surface area contributed by atoms with Crippen molar-refractivity contribution in [1.82, 2.24) is 24.8 Å². The molecule has 0 unspecified atom stereocenters. The molecule has 0 spiro atoms. The highest BCUT2D eigenvalue weighted by atomic mass is 32.1. The average Bonchev–Trinajstić information content (AvgIpc) is 3.23. The van der Waals surface area contributed by atoms with Crippen LogP contribution in [0.3, 0.4) is 0 Å². The minimum Gasteiger partial charge on any atom is -0.395 e. The molecule has 3 heterocycles. The maximum atomic E-state index is 12.4. The van der Waals surface area contributed by atoms with E-state index < -0.39 is 0 Å². The Balaban J connectivity index is 1.41. The molecule has 0 radical (unpaired) electrons. The Hall–Kier alpha value is -3.15. The van der Waals surface area contributed by atoms with Gasteiger partial charge in [0.2, 0.25) is 11.9 Å². The minimum absolute atomic E-state index is 0.165. The summed E-state index contributed by atoms with van der Waals surface area (Å²) in [7, 11) is 0. The van der Waals surface area contributed by atoms with E-state index in [4.69, 9.17) is 5.11 Å². The Kier molecular flexibility index (Phi) is 6.65. The van der Waals surface area contributed by atoms with Crippen molar-refractivity contribution in [1.29, 1.82) is 0 Å². The van der Waals surface area contributed by atoms with Gasteiger partial charge in [-0.3, -0.25) is 15.0 Å². The number of hydrogen-bond donors (Lipinski definition) is 3. The number of benzene rings is 1. The number of aromatic nitrogens is 4. The lowest BCUT2D eigenvalue weighted by atomic mass is 10.3. The van der Waals surface area contributed by atoms with E-state index in [0.717, 1.165) is 31.9 Å². The number of hydrogen-bond acceptors (Lipinski definition) is 10. The van der Waals surface area contributed by atoms with E-state index in [1.54, 1.807) is 0 Å². The molecular formula is C20H24N8O2S. The number of nitrogens with one attached hydrogen (secondary N) is 2. The molecule has 4 rings (SSSR count). The molecular weight excluding hydrogens is 416 g/mol. The zero-order valence-electron chi connectivity index (χ0n) is 17.2. The van der Waals surface area contributed by atoms with Crippen LogP contribution >= 0.6 is 11.3 Å². The van der Waals surface area contributed by atoms with Crippen LogP contribution in [0.4, 0.5) is 22.7 Å². The topological polar surface area (TPSA) is 119 Å². The fraction of sp³-hybridized carbons (Fsp3) is 0.350. The number of β-amino-alcohol motifs (C(OH)–C–C–N with tert-alkyl or cyclic N) is 1. The summed E-state index contributed by atoms with van der Waals surface area (Å²) in [5.74, 6) is 1.39. The molecule has 3 aromatic rings. The number of carbonyl (C=O) groups is 1. The molecule has 0 bridgehead atoms. The SMILES string of the molecule is Cc1nc(Nc2ncc(C(=O)Nc3ccccc3)s2)nc(N2CCN(CCO)CC2)n1. The Morgan fingerprint density at radius 2 is 1.90 bits per heavy atom. The fourth-order valence-electron chi connectivity index (χ4n) is 3.22. The molecule has 1 aliphatic heterocycles. The molecule has 0 atom stereocenters. The lowest BCUT2D eigenvalue weighted by molar-refractivity contribution is 0.103. The number of nitrogens with zero attached hydrogens (tertiary/aromatic N) is 6. The van der Waals surface area contributed by atoms with Gasteiger partial charge in [-0.1, -0.05) is 29.5 Å². The number of aryl methyl sites for hydroxylation is 1. The average molecular weight is 441 g/mol. The number of amides is 1. The van der Waals surface area contributed by atoms with Gasteiger partial charge in [-0.25, -0.2) is 4.98 Å². The van der Waals surface area contributed by atoms with Crippen LogP contribution in [-0.2, 0) is 0 Å². The highest BCUT2D eigenvalue weighted by Crippen LogP contribution is 2.23.